The molecule has 0 spiro atoms. The lowest BCUT2D eigenvalue weighted by molar-refractivity contribution is 0.0735. The summed E-state index contributed by atoms with van der Waals surface area (Å²) in [5.41, 5.74) is 1.76. The van der Waals surface area contributed by atoms with E-state index in [1.807, 2.05) is 17.0 Å². The van der Waals surface area contributed by atoms with Crippen LogP contribution in [0.3, 0.4) is 0 Å². The Bertz CT molecular complexity index is 677. The molecule has 3 rings (SSSR count). The van der Waals surface area contributed by atoms with Crippen LogP contribution >= 0.6 is 27.5 Å². The number of likely N-dealkylation sites (tertiary alicyclic amines) is 1. The van der Waals surface area contributed by atoms with E-state index in [0.717, 1.165) is 29.4 Å². The van der Waals surface area contributed by atoms with Crippen molar-refractivity contribution in [3.8, 4) is 0 Å². The number of pyridine rings is 1. The van der Waals surface area contributed by atoms with Crippen molar-refractivity contribution in [1.82, 2.24) is 9.88 Å². The first-order valence-corrected chi connectivity index (χ1v) is 8.00. The van der Waals surface area contributed by atoms with Crippen molar-refractivity contribution in [3.05, 3.63) is 63.3 Å². The first-order valence-electron chi connectivity index (χ1n) is 6.83. The standard InChI is InChI=1S/C16H14BrClN2O/c17-13-4-1-3-11(9-13)14-5-2-8-20(14)16(21)12-6-7-19-15(18)10-12/h1,3-4,6-7,9-10,14H,2,5,8H2. The zero-order valence-electron chi connectivity index (χ0n) is 11.3. The van der Waals surface area contributed by atoms with Crippen LogP contribution in [0, 0.1) is 0 Å². The number of amides is 1. The number of nitrogens with zero attached hydrogens (tertiary/aromatic N) is 2. The van der Waals surface area contributed by atoms with Crippen molar-refractivity contribution < 1.29 is 4.79 Å². The molecule has 1 fully saturated rings. The second kappa shape index (κ2) is 6.16. The number of aromatic nitrogens is 1. The smallest absolute Gasteiger partial charge is 0.254 e. The van der Waals surface area contributed by atoms with Gasteiger partial charge in [0.2, 0.25) is 0 Å². The summed E-state index contributed by atoms with van der Waals surface area (Å²) < 4.78 is 1.03. The van der Waals surface area contributed by atoms with Gasteiger partial charge in [0.15, 0.2) is 0 Å². The van der Waals surface area contributed by atoms with Crippen LogP contribution in [-0.2, 0) is 0 Å². The number of hydrogen-bond donors (Lipinski definition) is 0. The Balaban J connectivity index is 1.89. The molecule has 1 saturated heterocycles. The van der Waals surface area contributed by atoms with E-state index in [4.69, 9.17) is 11.6 Å². The Kier molecular flexibility index (Phi) is 4.27. The molecule has 2 aromatic rings. The molecule has 1 aromatic heterocycles. The molecule has 0 N–H and O–H groups in total. The molecule has 21 heavy (non-hydrogen) atoms. The molecule has 108 valence electrons. The molecule has 0 bridgehead atoms. The average molecular weight is 366 g/mol. The van der Waals surface area contributed by atoms with Crippen LogP contribution in [0.2, 0.25) is 5.15 Å². The highest BCUT2D eigenvalue weighted by Gasteiger charge is 2.30. The van der Waals surface area contributed by atoms with E-state index in [1.165, 1.54) is 0 Å². The third-order valence-electron chi connectivity index (χ3n) is 3.72. The van der Waals surface area contributed by atoms with Crippen LogP contribution in [0.25, 0.3) is 0 Å². The molecule has 1 aromatic carbocycles. The van der Waals surface area contributed by atoms with Gasteiger partial charge >= 0.3 is 0 Å². The van der Waals surface area contributed by atoms with Crippen LogP contribution < -0.4 is 0 Å². The summed E-state index contributed by atoms with van der Waals surface area (Å²) in [7, 11) is 0. The van der Waals surface area contributed by atoms with Crippen LogP contribution in [-0.4, -0.2) is 22.3 Å². The van der Waals surface area contributed by atoms with Gasteiger partial charge in [-0.15, -0.1) is 0 Å². The molecule has 1 aliphatic heterocycles. The van der Waals surface area contributed by atoms with Crippen molar-refractivity contribution >= 4 is 33.4 Å². The van der Waals surface area contributed by atoms with Crippen molar-refractivity contribution in [2.75, 3.05) is 6.54 Å². The number of halogens is 2. The molecule has 5 heteroatoms. The predicted molar refractivity (Wildman–Crippen MR) is 86.4 cm³/mol. The number of benzene rings is 1. The zero-order chi connectivity index (χ0) is 14.8. The largest absolute Gasteiger partial charge is 0.332 e. The minimum absolute atomic E-state index is 0.0155. The maximum atomic E-state index is 12.7. The number of hydrogen-bond acceptors (Lipinski definition) is 2. The first kappa shape index (κ1) is 14.5. The van der Waals surface area contributed by atoms with Crippen molar-refractivity contribution in [1.29, 1.82) is 0 Å². The Hall–Kier alpha value is -1.39. The van der Waals surface area contributed by atoms with Gasteiger partial charge in [0.1, 0.15) is 5.15 Å². The molecule has 0 radical (unpaired) electrons. The van der Waals surface area contributed by atoms with E-state index in [0.29, 0.717) is 10.7 Å². The number of rotatable bonds is 2. The summed E-state index contributed by atoms with van der Waals surface area (Å²) in [5.74, 6) is 0.0155. The summed E-state index contributed by atoms with van der Waals surface area (Å²) in [6, 6.07) is 11.6. The van der Waals surface area contributed by atoms with Gasteiger partial charge in [-0.3, -0.25) is 4.79 Å². The summed E-state index contributed by atoms with van der Waals surface area (Å²) in [5, 5.41) is 0.346. The highest BCUT2D eigenvalue weighted by atomic mass is 79.9. The van der Waals surface area contributed by atoms with E-state index in [-0.39, 0.29) is 11.9 Å². The second-order valence-electron chi connectivity index (χ2n) is 5.08. The lowest BCUT2D eigenvalue weighted by atomic mass is 10.0. The van der Waals surface area contributed by atoms with Gasteiger partial charge < -0.3 is 4.90 Å². The van der Waals surface area contributed by atoms with Crippen LogP contribution in [0.1, 0.15) is 34.8 Å². The van der Waals surface area contributed by atoms with E-state index in [1.54, 1.807) is 18.3 Å². The fraction of sp³-hybridized carbons (Fsp3) is 0.250. The van der Waals surface area contributed by atoms with Gasteiger partial charge in [-0.05, 0) is 42.7 Å². The molecule has 0 saturated carbocycles. The van der Waals surface area contributed by atoms with Gasteiger partial charge in [0.05, 0.1) is 6.04 Å². The van der Waals surface area contributed by atoms with Crippen LogP contribution in [0.15, 0.2) is 47.1 Å². The normalized spacial score (nSPS) is 18.0. The Morgan fingerprint density at radius 3 is 2.95 bits per heavy atom. The molecule has 1 amide bonds. The summed E-state index contributed by atoms with van der Waals surface area (Å²) in [6.45, 7) is 0.774. The van der Waals surface area contributed by atoms with Crippen LogP contribution in [0.5, 0.6) is 0 Å². The van der Waals surface area contributed by atoms with Crippen molar-refractivity contribution in [2.45, 2.75) is 18.9 Å². The molecule has 2 heterocycles. The highest BCUT2D eigenvalue weighted by molar-refractivity contribution is 9.10. The summed E-state index contributed by atoms with van der Waals surface area (Å²) in [4.78, 5) is 18.5. The van der Waals surface area contributed by atoms with Gasteiger partial charge in [-0.2, -0.15) is 0 Å². The van der Waals surface area contributed by atoms with E-state index in [9.17, 15) is 4.79 Å². The van der Waals surface area contributed by atoms with Gasteiger partial charge in [0, 0.05) is 22.8 Å². The maximum Gasteiger partial charge on any atom is 0.254 e. The molecule has 1 aliphatic rings. The van der Waals surface area contributed by atoms with Gasteiger partial charge in [-0.25, -0.2) is 4.98 Å². The lowest BCUT2D eigenvalue weighted by Crippen LogP contribution is -2.30. The third-order valence-corrected chi connectivity index (χ3v) is 4.42. The Morgan fingerprint density at radius 2 is 2.19 bits per heavy atom. The Morgan fingerprint density at radius 1 is 1.33 bits per heavy atom. The van der Waals surface area contributed by atoms with E-state index >= 15 is 0 Å². The molecule has 3 nitrogen and oxygen atoms in total. The average Bonchev–Trinajstić information content (AvgIpc) is 2.96. The van der Waals surface area contributed by atoms with Crippen molar-refractivity contribution in [3.63, 3.8) is 0 Å². The molecule has 1 atom stereocenters. The van der Waals surface area contributed by atoms with Gasteiger partial charge in [0.25, 0.3) is 5.91 Å². The van der Waals surface area contributed by atoms with Crippen LogP contribution in [0.4, 0.5) is 0 Å². The third kappa shape index (κ3) is 3.11. The topological polar surface area (TPSA) is 33.2 Å². The number of carbonyl (C=O) groups is 1. The summed E-state index contributed by atoms with van der Waals surface area (Å²) in [6.07, 6.45) is 3.57. The van der Waals surface area contributed by atoms with Gasteiger partial charge in [-0.1, -0.05) is 39.7 Å². The van der Waals surface area contributed by atoms with E-state index in [2.05, 4.69) is 33.0 Å². The Labute approximate surface area is 137 Å². The second-order valence-corrected chi connectivity index (χ2v) is 6.38. The fourth-order valence-electron chi connectivity index (χ4n) is 2.77. The minimum atomic E-state index is 0.0155. The first-order chi connectivity index (χ1) is 10.1. The quantitative estimate of drug-likeness (QED) is 0.735. The minimum Gasteiger partial charge on any atom is -0.332 e. The molecular formula is C16H14BrClN2O. The number of carbonyl (C=O) groups excluding carboxylic acids is 1. The molecule has 0 aliphatic carbocycles. The highest BCUT2D eigenvalue weighted by Crippen LogP contribution is 2.34. The van der Waals surface area contributed by atoms with E-state index < -0.39 is 0 Å². The predicted octanol–water partition coefficient (Wildman–Crippen LogP) is 4.47. The lowest BCUT2D eigenvalue weighted by Gasteiger charge is -2.25. The molecular weight excluding hydrogens is 352 g/mol. The maximum absolute atomic E-state index is 12.7. The zero-order valence-corrected chi connectivity index (χ0v) is 13.6. The summed E-state index contributed by atoms with van der Waals surface area (Å²) >= 11 is 9.37. The van der Waals surface area contributed by atoms with Crippen molar-refractivity contribution in [2.24, 2.45) is 0 Å². The molecule has 1 unspecified atom stereocenters. The fourth-order valence-corrected chi connectivity index (χ4v) is 3.36. The monoisotopic (exact) mass is 364 g/mol. The SMILES string of the molecule is O=C(c1ccnc(Cl)c1)N1CCCC1c1cccc(Br)c1.